The van der Waals surface area contributed by atoms with Gasteiger partial charge in [-0.3, -0.25) is 14.8 Å². The lowest BCUT2D eigenvalue weighted by molar-refractivity contribution is 0.0997. The molecule has 0 aromatic carbocycles. The monoisotopic (exact) mass is 404 g/mol. The number of carbonyl (C=O) groups excluding carboxylic acids is 1. The third kappa shape index (κ3) is 3.93. The van der Waals surface area contributed by atoms with Gasteiger partial charge < -0.3 is 11.1 Å². The summed E-state index contributed by atoms with van der Waals surface area (Å²) in [6.07, 6.45) is 3.51. The zero-order chi connectivity index (χ0) is 20.4. The molecule has 4 aromatic heterocycles. The number of anilines is 1. The number of pyridine rings is 2. The number of hydrogen-bond donors (Lipinski definition) is 2. The summed E-state index contributed by atoms with van der Waals surface area (Å²) in [4.78, 5) is 30.9. The highest BCUT2D eigenvalue weighted by Crippen LogP contribution is 2.35. The van der Waals surface area contributed by atoms with Crippen molar-refractivity contribution < 1.29 is 4.79 Å². The lowest BCUT2D eigenvalue weighted by Gasteiger charge is -2.13. The molecule has 2 atom stereocenters. The molecule has 0 saturated heterocycles. The van der Waals surface area contributed by atoms with E-state index >= 15 is 0 Å². The van der Waals surface area contributed by atoms with Crippen molar-refractivity contribution in [1.82, 2.24) is 19.9 Å². The van der Waals surface area contributed by atoms with Crippen LogP contribution in [0.2, 0.25) is 0 Å². The summed E-state index contributed by atoms with van der Waals surface area (Å²) in [5.74, 6) is -0.163. The fourth-order valence-electron chi connectivity index (χ4n) is 3.07. The molecular formula is C21H20N6OS. The molecule has 0 aliphatic heterocycles. The Morgan fingerprint density at radius 2 is 1.72 bits per heavy atom. The molecule has 0 radical (unpaired) electrons. The number of thiophene rings is 1. The molecular weight excluding hydrogens is 384 g/mol. The van der Waals surface area contributed by atoms with Gasteiger partial charge in [-0.05, 0) is 37.3 Å². The van der Waals surface area contributed by atoms with Crippen LogP contribution in [0.3, 0.4) is 0 Å². The average Bonchev–Trinajstić information content (AvgIpc) is 3.17. The van der Waals surface area contributed by atoms with Crippen molar-refractivity contribution in [1.29, 1.82) is 0 Å². The number of rotatable bonds is 6. The van der Waals surface area contributed by atoms with Gasteiger partial charge in [0.2, 0.25) is 5.95 Å². The molecule has 4 aromatic rings. The minimum atomic E-state index is -0.579. The van der Waals surface area contributed by atoms with E-state index in [0.29, 0.717) is 16.2 Å². The van der Waals surface area contributed by atoms with Crippen LogP contribution in [0.5, 0.6) is 0 Å². The van der Waals surface area contributed by atoms with Gasteiger partial charge in [-0.1, -0.05) is 19.1 Å². The first-order chi connectivity index (χ1) is 14.0. The quantitative estimate of drug-likeness (QED) is 0.505. The van der Waals surface area contributed by atoms with Gasteiger partial charge in [-0.2, -0.15) is 0 Å². The van der Waals surface area contributed by atoms with Gasteiger partial charge in [0.25, 0.3) is 5.91 Å². The largest absolute Gasteiger partial charge is 0.364 e. The lowest BCUT2D eigenvalue weighted by atomic mass is 10.1. The Morgan fingerprint density at radius 1 is 1.03 bits per heavy atom. The number of nitrogens with zero attached hydrogens (tertiary/aromatic N) is 4. The average molecular weight is 404 g/mol. The Balaban J connectivity index is 1.72. The van der Waals surface area contributed by atoms with Gasteiger partial charge in [0.1, 0.15) is 0 Å². The highest BCUT2D eigenvalue weighted by molar-refractivity contribution is 7.19. The SMILES string of the molecule is C[C@@H](c1ccccn1)c1cc2nc(N[C@@H](C)c3ccccn3)nc(C(N)=O)c2s1. The normalized spacial score (nSPS) is 13.2. The van der Waals surface area contributed by atoms with Crippen molar-refractivity contribution in [3.63, 3.8) is 0 Å². The van der Waals surface area contributed by atoms with Crippen molar-refractivity contribution in [2.24, 2.45) is 5.73 Å². The number of amides is 1. The molecule has 0 aliphatic carbocycles. The Labute approximate surface area is 172 Å². The van der Waals surface area contributed by atoms with Crippen molar-refractivity contribution in [3.05, 3.63) is 76.8 Å². The van der Waals surface area contributed by atoms with Gasteiger partial charge in [0.05, 0.1) is 22.0 Å². The van der Waals surface area contributed by atoms with Gasteiger partial charge in [0.15, 0.2) is 5.69 Å². The number of carbonyl (C=O) groups is 1. The van der Waals surface area contributed by atoms with E-state index in [0.717, 1.165) is 16.3 Å². The molecule has 0 unspecified atom stereocenters. The van der Waals surface area contributed by atoms with Gasteiger partial charge in [-0.25, -0.2) is 9.97 Å². The third-order valence-electron chi connectivity index (χ3n) is 4.66. The van der Waals surface area contributed by atoms with Crippen LogP contribution in [-0.2, 0) is 0 Å². The van der Waals surface area contributed by atoms with E-state index in [-0.39, 0.29) is 17.7 Å². The summed E-state index contributed by atoms with van der Waals surface area (Å²) in [5, 5.41) is 3.22. The summed E-state index contributed by atoms with van der Waals surface area (Å²) in [6, 6.07) is 13.4. The first-order valence-electron chi connectivity index (χ1n) is 9.22. The van der Waals surface area contributed by atoms with E-state index in [1.54, 1.807) is 12.4 Å². The Bertz CT molecular complexity index is 1150. The van der Waals surface area contributed by atoms with Crippen molar-refractivity contribution in [2.75, 3.05) is 5.32 Å². The van der Waals surface area contributed by atoms with E-state index in [1.165, 1.54) is 11.3 Å². The predicted molar refractivity (Wildman–Crippen MR) is 114 cm³/mol. The maximum atomic E-state index is 12.1. The molecule has 3 N–H and O–H groups in total. The molecule has 146 valence electrons. The van der Waals surface area contributed by atoms with E-state index in [1.807, 2.05) is 49.4 Å². The molecule has 1 amide bonds. The minimum Gasteiger partial charge on any atom is -0.364 e. The summed E-state index contributed by atoms with van der Waals surface area (Å²) >= 11 is 1.47. The minimum absolute atomic E-state index is 0.0694. The number of primary amides is 1. The smallest absolute Gasteiger partial charge is 0.269 e. The van der Waals surface area contributed by atoms with E-state index in [2.05, 4.69) is 32.2 Å². The van der Waals surface area contributed by atoms with Gasteiger partial charge >= 0.3 is 0 Å². The molecule has 0 bridgehead atoms. The number of hydrogen-bond acceptors (Lipinski definition) is 7. The fraction of sp³-hybridized carbons (Fsp3) is 0.190. The highest BCUT2D eigenvalue weighted by atomic mass is 32.1. The maximum absolute atomic E-state index is 12.1. The van der Waals surface area contributed by atoms with Crippen LogP contribution >= 0.6 is 11.3 Å². The van der Waals surface area contributed by atoms with Crippen molar-refractivity contribution in [2.45, 2.75) is 25.8 Å². The lowest BCUT2D eigenvalue weighted by Crippen LogP contribution is -2.17. The molecule has 0 saturated carbocycles. The first-order valence-corrected chi connectivity index (χ1v) is 10.0. The number of fused-ring (bicyclic) bond motifs is 1. The molecule has 0 spiro atoms. The van der Waals surface area contributed by atoms with Gasteiger partial charge in [0, 0.05) is 28.9 Å². The van der Waals surface area contributed by atoms with Crippen LogP contribution in [0.15, 0.2) is 54.9 Å². The van der Waals surface area contributed by atoms with Crippen LogP contribution in [0, 0.1) is 0 Å². The fourth-order valence-corrected chi connectivity index (χ4v) is 4.23. The van der Waals surface area contributed by atoms with Crippen LogP contribution in [0.25, 0.3) is 10.2 Å². The van der Waals surface area contributed by atoms with E-state index in [9.17, 15) is 4.79 Å². The van der Waals surface area contributed by atoms with Gasteiger partial charge in [-0.15, -0.1) is 11.3 Å². The molecule has 7 nitrogen and oxygen atoms in total. The highest BCUT2D eigenvalue weighted by Gasteiger charge is 2.20. The zero-order valence-corrected chi connectivity index (χ0v) is 16.9. The second-order valence-electron chi connectivity index (χ2n) is 6.72. The van der Waals surface area contributed by atoms with Crippen LogP contribution < -0.4 is 11.1 Å². The molecule has 4 heterocycles. The van der Waals surface area contributed by atoms with Crippen molar-refractivity contribution >= 4 is 33.4 Å². The van der Waals surface area contributed by atoms with E-state index in [4.69, 9.17) is 5.73 Å². The van der Waals surface area contributed by atoms with Crippen LogP contribution in [0.4, 0.5) is 5.95 Å². The maximum Gasteiger partial charge on any atom is 0.269 e. The summed E-state index contributed by atoms with van der Waals surface area (Å²) in [6.45, 7) is 4.04. The van der Waals surface area contributed by atoms with Crippen LogP contribution in [-0.4, -0.2) is 25.8 Å². The molecule has 0 fully saturated rings. The topological polar surface area (TPSA) is 107 Å². The Hall–Kier alpha value is -3.39. The van der Waals surface area contributed by atoms with Crippen molar-refractivity contribution in [3.8, 4) is 0 Å². The Morgan fingerprint density at radius 3 is 2.34 bits per heavy atom. The Kier molecular flexibility index (Phi) is 5.18. The number of nitrogens with two attached hydrogens (primary N) is 1. The molecule has 4 rings (SSSR count). The molecule has 8 heteroatoms. The molecule has 29 heavy (non-hydrogen) atoms. The molecule has 0 aliphatic rings. The van der Waals surface area contributed by atoms with Crippen LogP contribution in [0.1, 0.15) is 52.6 Å². The van der Waals surface area contributed by atoms with E-state index < -0.39 is 5.91 Å². The predicted octanol–water partition coefficient (Wildman–Crippen LogP) is 3.91. The summed E-state index contributed by atoms with van der Waals surface area (Å²) < 4.78 is 0.686. The zero-order valence-electron chi connectivity index (χ0n) is 16.0. The standard InChI is InChI=1S/C21H20N6OS/c1-12(14-7-3-5-9-23-14)17-11-16-19(29-17)18(20(22)28)27-21(26-16)25-13(2)15-8-4-6-10-24-15/h3-13H,1-2H3,(H2,22,28)(H,25,26,27)/t12-,13-/m0/s1. The first kappa shape index (κ1) is 18.9. The second kappa shape index (κ2) is 7.92. The number of nitrogens with one attached hydrogen (secondary N) is 1. The second-order valence-corrected chi connectivity index (χ2v) is 7.80. The third-order valence-corrected chi connectivity index (χ3v) is 5.97. The summed E-state index contributed by atoms with van der Waals surface area (Å²) in [7, 11) is 0. The summed E-state index contributed by atoms with van der Waals surface area (Å²) in [5.41, 5.74) is 8.32. The number of aromatic nitrogens is 4.